The fourth-order valence-corrected chi connectivity index (χ4v) is 5.03. The molecule has 138 valence electrons. The Bertz CT molecular complexity index is 997. The molecule has 0 radical (unpaired) electrons. The molecule has 2 aliphatic rings. The lowest BCUT2D eigenvalue weighted by Crippen LogP contribution is -2.20. The topological polar surface area (TPSA) is 59.3 Å². The van der Waals surface area contributed by atoms with Crippen LogP contribution in [0.25, 0.3) is 16.8 Å². The highest BCUT2D eigenvalue weighted by Gasteiger charge is 2.40. The summed E-state index contributed by atoms with van der Waals surface area (Å²) in [6.45, 7) is 0. The molecular weight excluding hydrogens is 360 g/mol. The molecule has 5 nitrogen and oxygen atoms in total. The van der Waals surface area contributed by atoms with Gasteiger partial charge in [0.05, 0.1) is 5.56 Å². The molecule has 1 aromatic carbocycles. The van der Waals surface area contributed by atoms with Gasteiger partial charge in [0.1, 0.15) is 0 Å². The van der Waals surface area contributed by atoms with Crippen molar-refractivity contribution in [1.29, 1.82) is 0 Å². The number of amides is 1. The second kappa shape index (κ2) is 6.64. The Balaban J connectivity index is 1.44. The third-order valence-corrected chi connectivity index (χ3v) is 6.37. The van der Waals surface area contributed by atoms with E-state index in [1.165, 1.54) is 25.7 Å². The van der Waals surface area contributed by atoms with Crippen LogP contribution in [0.15, 0.2) is 42.7 Å². The Hall–Kier alpha value is -2.40. The molecular formula is C21H21ClN4O. The number of anilines is 1. The molecule has 6 heteroatoms. The lowest BCUT2D eigenvalue weighted by Gasteiger charge is -2.20. The number of halogens is 1. The number of rotatable bonds is 4. The van der Waals surface area contributed by atoms with Gasteiger partial charge in [-0.2, -0.15) is 0 Å². The molecule has 1 amide bonds. The Kier molecular flexibility index (Phi) is 4.12. The van der Waals surface area contributed by atoms with Crippen molar-refractivity contribution in [3.8, 4) is 11.1 Å². The van der Waals surface area contributed by atoms with Crippen molar-refractivity contribution in [3.05, 3.63) is 47.7 Å². The second-order valence-corrected chi connectivity index (χ2v) is 8.24. The van der Waals surface area contributed by atoms with Crippen LogP contribution in [0.1, 0.15) is 32.1 Å². The van der Waals surface area contributed by atoms with Crippen molar-refractivity contribution in [2.45, 2.75) is 32.1 Å². The van der Waals surface area contributed by atoms with Gasteiger partial charge in [-0.15, -0.1) is 5.10 Å². The minimum Gasteiger partial charge on any atom is -0.309 e. The van der Waals surface area contributed by atoms with Gasteiger partial charge >= 0.3 is 0 Å². The van der Waals surface area contributed by atoms with E-state index in [-0.39, 0.29) is 5.91 Å². The van der Waals surface area contributed by atoms with E-state index in [1.807, 2.05) is 36.5 Å². The largest absolute Gasteiger partial charge is 0.309 e. The highest BCUT2D eigenvalue weighted by Crippen LogP contribution is 2.49. The second-order valence-electron chi connectivity index (χ2n) is 7.81. The van der Waals surface area contributed by atoms with E-state index < -0.39 is 0 Å². The first-order chi connectivity index (χ1) is 13.2. The zero-order valence-electron chi connectivity index (χ0n) is 14.9. The van der Waals surface area contributed by atoms with E-state index in [0.717, 1.165) is 28.6 Å². The van der Waals surface area contributed by atoms with Crippen LogP contribution in [0.4, 0.5) is 5.82 Å². The van der Waals surface area contributed by atoms with E-state index >= 15 is 0 Å². The number of aromatic nitrogens is 3. The maximum absolute atomic E-state index is 12.8. The molecule has 0 saturated heterocycles. The van der Waals surface area contributed by atoms with Crippen molar-refractivity contribution in [2.24, 2.45) is 17.8 Å². The van der Waals surface area contributed by atoms with Gasteiger partial charge < -0.3 is 5.32 Å². The number of hydrogen-bond acceptors (Lipinski definition) is 3. The maximum Gasteiger partial charge on any atom is 0.225 e. The number of nitrogens with zero attached hydrogens (tertiary/aromatic N) is 3. The summed E-state index contributed by atoms with van der Waals surface area (Å²) >= 11 is 6.04. The van der Waals surface area contributed by atoms with Gasteiger partial charge in [0.15, 0.2) is 11.5 Å². The quantitative estimate of drug-likeness (QED) is 0.706. The number of hydrogen-bond donors (Lipinski definition) is 1. The normalized spacial score (nSPS) is 23.8. The van der Waals surface area contributed by atoms with Gasteiger partial charge in [-0.25, -0.2) is 9.50 Å². The molecule has 5 rings (SSSR count). The summed E-state index contributed by atoms with van der Waals surface area (Å²) in [6, 6.07) is 9.36. The van der Waals surface area contributed by atoms with Crippen LogP contribution in [0.2, 0.25) is 5.02 Å². The van der Waals surface area contributed by atoms with Crippen LogP contribution in [-0.4, -0.2) is 20.5 Å². The zero-order chi connectivity index (χ0) is 18.4. The summed E-state index contributed by atoms with van der Waals surface area (Å²) < 4.78 is 1.71. The summed E-state index contributed by atoms with van der Waals surface area (Å²) in [5.74, 6) is 2.71. The molecule has 2 saturated carbocycles. The van der Waals surface area contributed by atoms with Crippen molar-refractivity contribution in [3.63, 3.8) is 0 Å². The van der Waals surface area contributed by atoms with E-state index in [1.54, 1.807) is 10.7 Å². The molecule has 1 N–H and O–H groups in total. The molecule has 2 aliphatic carbocycles. The lowest BCUT2D eigenvalue weighted by atomic mass is 9.86. The van der Waals surface area contributed by atoms with Crippen LogP contribution in [0, 0.1) is 17.8 Å². The Morgan fingerprint density at radius 2 is 2.07 bits per heavy atom. The molecule has 0 spiro atoms. The standard InChI is InChI=1S/C21H21ClN4O/c22-17-6-4-14(5-7-17)19-20(25-26-9-1-8-23-21(19)26)24-18(27)12-16-11-13-2-3-15(16)10-13/h1,4-9,13,15-16H,2-3,10-12H2,(H,24,25,27). The highest BCUT2D eigenvalue weighted by molar-refractivity contribution is 6.30. The first-order valence-corrected chi connectivity index (χ1v) is 9.94. The number of nitrogens with one attached hydrogen (secondary N) is 1. The summed E-state index contributed by atoms with van der Waals surface area (Å²) in [6.07, 6.45) is 9.31. The van der Waals surface area contributed by atoms with E-state index in [2.05, 4.69) is 15.4 Å². The number of benzene rings is 1. The van der Waals surface area contributed by atoms with Crippen LogP contribution >= 0.6 is 11.6 Å². The average Bonchev–Trinajstić information content (AvgIpc) is 3.36. The Labute approximate surface area is 162 Å². The van der Waals surface area contributed by atoms with E-state index in [0.29, 0.717) is 23.2 Å². The monoisotopic (exact) mass is 380 g/mol. The summed E-state index contributed by atoms with van der Waals surface area (Å²) in [4.78, 5) is 17.2. The lowest BCUT2D eigenvalue weighted by molar-refractivity contribution is -0.117. The Morgan fingerprint density at radius 3 is 2.81 bits per heavy atom. The van der Waals surface area contributed by atoms with Gasteiger partial charge in [-0.05, 0) is 60.8 Å². The smallest absolute Gasteiger partial charge is 0.225 e. The number of carbonyl (C=O) groups is 1. The van der Waals surface area contributed by atoms with Gasteiger partial charge in [-0.1, -0.05) is 30.2 Å². The SMILES string of the molecule is O=C(CC1CC2CCC1C2)Nc1nn2cccnc2c1-c1ccc(Cl)cc1. The molecule has 2 bridgehead atoms. The first kappa shape index (κ1) is 16.8. The van der Waals surface area contributed by atoms with Crippen LogP contribution < -0.4 is 5.32 Å². The molecule has 3 atom stereocenters. The molecule has 2 fully saturated rings. The minimum atomic E-state index is 0.0474. The molecule has 2 heterocycles. The van der Waals surface area contributed by atoms with Gasteiger partial charge in [0, 0.05) is 23.8 Å². The maximum atomic E-state index is 12.8. The van der Waals surface area contributed by atoms with Gasteiger partial charge in [-0.3, -0.25) is 4.79 Å². The fourth-order valence-electron chi connectivity index (χ4n) is 4.90. The summed E-state index contributed by atoms with van der Waals surface area (Å²) in [5, 5.41) is 8.29. The highest BCUT2D eigenvalue weighted by atomic mass is 35.5. The summed E-state index contributed by atoms with van der Waals surface area (Å²) in [5.41, 5.74) is 2.48. The molecule has 3 unspecified atom stereocenters. The fraction of sp³-hybridized carbons (Fsp3) is 0.381. The predicted octanol–water partition coefficient (Wildman–Crippen LogP) is 4.81. The molecule has 0 aliphatic heterocycles. The van der Waals surface area contributed by atoms with E-state index in [9.17, 15) is 4.79 Å². The van der Waals surface area contributed by atoms with Crippen molar-refractivity contribution >= 4 is 29.0 Å². The van der Waals surface area contributed by atoms with Crippen LogP contribution in [0.5, 0.6) is 0 Å². The number of fused-ring (bicyclic) bond motifs is 3. The third-order valence-electron chi connectivity index (χ3n) is 6.12. The van der Waals surface area contributed by atoms with Crippen molar-refractivity contribution < 1.29 is 4.79 Å². The van der Waals surface area contributed by atoms with E-state index in [4.69, 9.17) is 11.6 Å². The summed E-state index contributed by atoms with van der Waals surface area (Å²) in [7, 11) is 0. The van der Waals surface area contributed by atoms with Crippen molar-refractivity contribution in [1.82, 2.24) is 14.6 Å². The average molecular weight is 381 g/mol. The zero-order valence-corrected chi connectivity index (χ0v) is 15.7. The molecule has 2 aromatic heterocycles. The molecule has 3 aromatic rings. The number of carbonyl (C=O) groups excluding carboxylic acids is 1. The van der Waals surface area contributed by atoms with Crippen LogP contribution in [-0.2, 0) is 4.79 Å². The van der Waals surface area contributed by atoms with Gasteiger partial charge in [0.2, 0.25) is 5.91 Å². The predicted molar refractivity (Wildman–Crippen MR) is 106 cm³/mol. The first-order valence-electron chi connectivity index (χ1n) is 9.56. The molecule has 27 heavy (non-hydrogen) atoms. The third kappa shape index (κ3) is 3.10. The minimum absolute atomic E-state index is 0.0474. The van der Waals surface area contributed by atoms with Crippen LogP contribution in [0.3, 0.4) is 0 Å². The van der Waals surface area contributed by atoms with Gasteiger partial charge in [0.25, 0.3) is 0 Å². The van der Waals surface area contributed by atoms with Crippen molar-refractivity contribution in [2.75, 3.05) is 5.32 Å². The Morgan fingerprint density at radius 1 is 1.22 bits per heavy atom.